The van der Waals surface area contributed by atoms with Gasteiger partial charge in [-0.2, -0.15) is 0 Å². The highest BCUT2D eigenvalue weighted by molar-refractivity contribution is 6.31. The van der Waals surface area contributed by atoms with Crippen LogP contribution in [0.5, 0.6) is 0 Å². The van der Waals surface area contributed by atoms with Gasteiger partial charge in [0.25, 0.3) is 0 Å². The number of rotatable bonds is 2. The van der Waals surface area contributed by atoms with Gasteiger partial charge in [-0.1, -0.05) is 11.6 Å². The second-order valence-corrected chi connectivity index (χ2v) is 3.83. The van der Waals surface area contributed by atoms with E-state index in [-0.39, 0.29) is 5.76 Å². The van der Waals surface area contributed by atoms with E-state index >= 15 is 0 Å². The molecule has 0 spiro atoms. The third kappa shape index (κ3) is 1.78. The van der Waals surface area contributed by atoms with E-state index in [4.69, 9.17) is 20.8 Å². The lowest BCUT2D eigenvalue weighted by Crippen LogP contribution is -2.03. The Hall–Kier alpha value is -1.48. The van der Waals surface area contributed by atoms with Crippen LogP contribution < -0.4 is 0 Å². The number of carbonyl (C=O) groups excluding carboxylic acids is 1. The number of furan rings is 1. The summed E-state index contributed by atoms with van der Waals surface area (Å²) >= 11 is 5.88. The normalized spacial score (nSPS) is 10.7. The zero-order chi connectivity index (χ0) is 11.7. The summed E-state index contributed by atoms with van der Waals surface area (Å²) in [6, 6.07) is 5.26. The Morgan fingerprint density at radius 1 is 1.44 bits per heavy atom. The number of benzene rings is 1. The molecule has 0 aliphatic heterocycles. The number of aryl methyl sites for hydroxylation is 1. The van der Waals surface area contributed by atoms with Crippen LogP contribution in [0.25, 0.3) is 10.8 Å². The maximum atomic E-state index is 11.6. The molecule has 0 aliphatic carbocycles. The number of halogens is 1. The van der Waals surface area contributed by atoms with Gasteiger partial charge in [0.15, 0.2) is 0 Å². The van der Waals surface area contributed by atoms with E-state index in [0.717, 1.165) is 10.8 Å². The molecule has 4 heteroatoms. The molecule has 0 bridgehead atoms. The quantitative estimate of drug-likeness (QED) is 0.751. The largest absolute Gasteiger partial charge is 0.460 e. The molecule has 0 saturated heterocycles. The molecule has 0 saturated carbocycles. The van der Waals surface area contributed by atoms with Crippen LogP contribution in [0.3, 0.4) is 0 Å². The topological polar surface area (TPSA) is 39.4 Å². The summed E-state index contributed by atoms with van der Waals surface area (Å²) in [6.07, 6.45) is 0. The van der Waals surface area contributed by atoms with Crippen LogP contribution in [-0.2, 0) is 4.74 Å². The van der Waals surface area contributed by atoms with E-state index in [1.807, 2.05) is 0 Å². The van der Waals surface area contributed by atoms with Crippen molar-refractivity contribution in [3.63, 3.8) is 0 Å². The first-order chi connectivity index (χ1) is 7.63. The van der Waals surface area contributed by atoms with Gasteiger partial charge in [-0.3, -0.25) is 0 Å². The maximum absolute atomic E-state index is 11.6. The first-order valence-corrected chi connectivity index (χ1v) is 5.37. The predicted molar refractivity (Wildman–Crippen MR) is 61.9 cm³/mol. The Labute approximate surface area is 97.9 Å². The Kier molecular flexibility index (Phi) is 2.88. The van der Waals surface area contributed by atoms with Gasteiger partial charge < -0.3 is 9.15 Å². The summed E-state index contributed by atoms with van der Waals surface area (Å²) in [5.74, 6) is 0.467. The molecule has 0 fully saturated rings. The van der Waals surface area contributed by atoms with Crippen LogP contribution in [-0.4, -0.2) is 12.6 Å². The van der Waals surface area contributed by atoms with Gasteiger partial charge in [-0.25, -0.2) is 4.79 Å². The highest BCUT2D eigenvalue weighted by Gasteiger charge is 2.18. The fraction of sp³-hybridized carbons (Fsp3) is 0.250. The van der Waals surface area contributed by atoms with Crippen molar-refractivity contribution in [2.45, 2.75) is 13.8 Å². The Bertz CT molecular complexity index is 542. The van der Waals surface area contributed by atoms with Gasteiger partial charge in [0, 0.05) is 15.8 Å². The third-order valence-corrected chi connectivity index (χ3v) is 2.56. The summed E-state index contributed by atoms with van der Waals surface area (Å²) in [6.45, 7) is 3.88. The summed E-state index contributed by atoms with van der Waals surface area (Å²) in [7, 11) is 0. The standard InChI is InChI=1S/C12H11ClO3/c1-3-15-12(14)11-9-5-4-8(13)6-10(9)7(2)16-11/h4-6H,3H2,1-2H3. The van der Waals surface area contributed by atoms with Gasteiger partial charge in [-0.15, -0.1) is 0 Å². The second kappa shape index (κ2) is 4.18. The van der Waals surface area contributed by atoms with Gasteiger partial charge in [0.2, 0.25) is 5.76 Å². The van der Waals surface area contributed by atoms with Crippen LogP contribution in [0.4, 0.5) is 0 Å². The van der Waals surface area contributed by atoms with Gasteiger partial charge in [0.1, 0.15) is 5.76 Å². The van der Waals surface area contributed by atoms with Crippen LogP contribution in [0.2, 0.25) is 5.02 Å². The molecule has 0 radical (unpaired) electrons. The monoisotopic (exact) mass is 238 g/mol. The molecule has 0 aliphatic rings. The molecule has 16 heavy (non-hydrogen) atoms. The molecular weight excluding hydrogens is 228 g/mol. The number of esters is 1. The SMILES string of the molecule is CCOC(=O)c1oc(C)c2cc(Cl)ccc12. The van der Waals surface area contributed by atoms with Crippen molar-refractivity contribution in [1.82, 2.24) is 0 Å². The predicted octanol–water partition coefficient (Wildman–Crippen LogP) is 3.57. The fourth-order valence-electron chi connectivity index (χ4n) is 1.62. The number of fused-ring (bicyclic) bond motifs is 1. The van der Waals surface area contributed by atoms with Gasteiger partial charge in [0.05, 0.1) is 6.61 Å². The van der Waals surface area contributed by atoms with Gasteiger partial charge in [-0.05, 0) is 32.0 Å². The molecule has 0 N–H and O–H groups in total. The average Bonchev–Trinajstić information content (AvgIpc) is 2.56. The smallest absolute Gasteiger partial charge is 0.374 e. The van der Waals surface area contributed by atoms with Crippen LogP contribution in [0.1, 0.15) is 23.2 Å². The minimum Gasteiger partial charge on any atom is -0.460 e. The summed E-state index contributed by atoms with van der Waals surface area (Å²) in [4.78, 5) is 11.6. The van der Waals surface area contributed by atoms with Crippen molar-refractivity contribution in [2.75, 3.05) is 6.61 Å². The molecule has 0 unspecified atom stereocenters. The van der Waals surface area contributed by atoms with E-state index < -0.39 is 5.97 Å². The van der Waals surface area contributed by atoms with Crippen molar-refractivity contribution >= 4 is 28.3 Å². The number of carbonyl (C=O) groups is 1. The van der Waals surface area contributed by atoms with Crippen molar-refractivity contribution in [3.05, 3.63) is 34.7 Å². The van der Waals surface area contributed by atoms with Crippen LogP contribution in [0, 0.1) is 6.92 Å². The number of ether oxygens (including phenoxy) is 1. The van der Waals surface area contributed by atoms with E-state index in [0.29, 0.717) is 17.4 Å². The zero-order valence-corrected chi connectivity index (χ0v) is 9.80. The average molecular weight is 239 g/mol. The van der Waals surface area contributed by atoms with Crippen molar-refractivity contribution in [2.24, 2.45) is 0 Å². The Balaban J connectivity index is 2.59. The minimum atomic E-state index is -0.442. The molecule has 2 aromatic rings. The number of hydrogen-bond donors (Lipinski definition) is 0. The molecular formula is C12H11ClO3. The highest BCUT2D eigenvalue weighted by Crippen LogP contribution is 2.28. The van der Waals surface area contributed by atoms with Crippen molar-refractivity contribution in [3.8, 4) is 0 Å². The first-order valence-electron chi connectivity index (χ1n) is 4.99. The van der Waals surface area contributed by atoms with E-state index in [1.165, 1.54) is 0 Å². The molecule has 2 rings (SSSR count). The Morgan fingerprint density at radius 3 is 2.88 bits per heavy atom. The third-order valence-electron chi connectivity index (χ3n) is 2.32. The first kappa shape index (κ1) is 11.0. The van der Waals surface area contributed by atoms with E-state index in [1.54, 1.807) is 32.0 Å². The van der Waals surface area contributed by atoms with E-state index in [9.17, 15) is 4.79 Å². The lowest BCUT2D eigenvalue weighted by atomic mass is 10.1. The van der Waals surface area contributed by atoms with Crippen molar-refractivity contribution in [1.29, 1.82) is 0 Å². The summed E-state index contributed by atoms with van der Waals surface area (Å²) < 4.78 is 10.3. The fourth-order valence-corrected chi connectivity index (χ4v) is 1.79. The summed E-state index contributed by atoms with van der Waals surface area (Å²) in [5, 5.41) is 2.20. The maximum Gasteiger partial charge on any atom is 0.374 e. The minimum absolute atomic E-state index is 0.242. The molecule has 1 heterocycles. The lowest BCUT2D eigenvalue weighted by molar-refractivity contribution is 0.0491. The van der Waals surface area contributed by atoms with E-state index in [2.05, 4.69) is 0 Å². The molecule has 1 aromatic carbocycles. The molecule has 0 atom stereocenters. The molecule has 1 aromatic heterocycles. The Morgan fingerprint density at radius 2 is 2.19 bits per heavy atom. The zero-order valence-electron chi connectivity index (χ0n) is 9.04. The highest BCUT2D eigenvalue weighted by atomic mass is 35.5. The molecule has 84 valence electrons. The molecule has 3 nitrogen and oxygen atoms in total. The van der Waals surface area contributed by atoms with Gasteiger partial charge >= 0.3 is 5.97 Å². The number of hydrogen-bond acceptors (Lipinski definition) is 3. The molecule has 0 amide bonds. The van der Waals surface area contributed by atoms with Crippen molar-refractivity contribution < 1.29 is 13.9 Å². The van der Waals surface area contributed by atoms with Crippen LogP contribution in [0.15, 0.2) is 22.6 Å². The second-order valence-electron chi connectivity index (χ2n) is 3.40. The summed E-state index contributed by atoms with van der Waals surface area (Å²) in [5.41, 5.74) is 0. The van der Waals surface area contributed by atoms with Crippen LogP contribution >= 0.6 is 11.6 Å². The lowest BCUT2D eigenvalue weighted by Gasteiger charge is -1.98.